The van der Waals surface area contributed by atoms with Gasteiger partial charge < -0.3 is 9.94 Å². The summed E-state index contributed by atoms with van der Waals surface area (Å²) in [5.74, 6) is -0.322. The first-order valence-corrected chi connectivity index (χ1v) is 5.23. The Morgan fingerprint density at radius 2 is 2.38 bits per heavy atom. The number of hydrogen-bond acceptors (Lipinski definition) is 3. The van der Waals surface area contributed by atoms with Crippen LogP contribution in [0.15, 0.2) is 29.4 Å². The van der Waals surface area contributed by atoms with E-state index in [2.05, 4.69) is 22.1 Å². The van der Waals surface area contributed by atoms with Crippen molar-refractivity contribution in [2.45, 2.75) is 18.8 Å². The van der Waals surface area contributed by atoms with E-state index in [4.69, 9.17) is 5.11 Å². The van der Waals surface area contributed by atoms with E-state index < -0.39 is 12.6 Å². The van der Waals surface area contributed by atoms with Gasteiger partial charge in [-0.1, -0.05) is 23.4 Å². The standard InChI is InChI=1S/C12H13NO3/c14-12(15)8-16-13-7-9-2-1-3-11(6-9)10-4-5-10/h1-3,6-7,10H,4-5,8H2,(H,14,15). The summed E-state index contributed by atoms with van der Waals surface area (Å²) in [5, 5.41) is 11.9. The van der Waals surface area contributed by atoms with Gasteiger partial charge in [0.15, 0.2) is 0 Å². The summed E-state index contributed by atoms with van der Waals surface area (Å²) in [7, 11) is 0. The minimum absolute atomic E-state index is 0.404. The Bertz CT molecular complexity index is 410. The number of aliphatic carboxylic acids is 1. The lowest BCUT2D eigenvalue weighted by atomic mass is 10.1. The van der Waals surface area contributed by atoms with Crippen molar-refractivity contribution in [3.8, 4) is 0 Å². The van der Waals surface area contributed by atoms with Gasteiger partial charge in [-0.05, 0) is 36.0 Å². The molecule has 0 aliphatic heterocycles. The molecule has 84 valence electrons. The summed E-state index contributed by atoms with van der Waals surface area (Å²) in [4.78, 5) is 14.7. The molecule has 0 atom stereocenters. The molecule has 4 heteroatoms. The molecule has 1 N–H and O–H groups in total. The van der Waals surface area contributed by atoms with Crippen LogP contribution in [0.1, 0.15) is 29.9 Å². The van der Waals surface area contributed by atoms with Crippen molar-refractivity contribution in [1.82, 2.24) is 0 Å². The average Bonchev–Trinajstić information content (AvgIpc) is 3.08. The SMILES string of the molecule is O=C(O)CON=Cc1cccc(C2CC2)c1. The number of carbonyl (C=O) groups is 1. The zero-order valence-electron chi connectivity index (χ0n) is 8.80. The zero-order valence-corrected chi connectivity index (χ0v) is 8.80. The van der Waals surface area contributed by atoms with Gasteiger partial charge >= 0.3 is 5.97 Å². The van der Waals surface area contributed by atoms with Crippen LogP contribution < -0.4 is 0 Å². The fourth-order valence-electron chi connectivity index (χ4n) is 1.50. The van der Waals surface area contributed by atoms with Crippen LogP contribution in [0.2, 0.25) is 0 Å². The highest BCUT2D eigenvalue weighted by atomic mass is 16.6. The Morgan fingerprint density at radius 3 is 3.06 bits per heavy atom. The van der Waals surface area contributed by atoms with Gasteiger partial charge in [0.05, 0.1) is 6.21 Å². The van der Waals surface area contributed by atoms with E-state index in [0.717, 1.165) is 5.56 Å². The quantitative estimate of drug-likeness (QED) is 0.608. The molecular formula is C12H13NO3. The number of rotatable bonds is 5. The van der Waals surface area contributed by atoms with E-state index in [1.165, 1.54) is 24.6 Å². The molecule has 0 bridgehead atoms. The van der Waals surface area contributed by atoms with Crippen molar-refractivity contribution < 1.29 is 14.7 Å². The van der Waals surface area contributed by atoms with Crippen LogP contribution in [0.25, 0.3) is 0 Å². The largest absolute Gasteiger partial charge is 0.479 e. The molecule has 1 fully saturated rings. The minimum atomic E-state index is -1.02. The lowest BCUT2D eigenvalue weighted by Crippen LogP contribution is -2.03. The Balaban J connectivity index is 1.92. The van der Waals surface area contributed by atoms with Crippen LogP contribution >= 0.6 is 0 Å². The van der Waals surface area contributed by atoms with Gasteiger partial charge in [0.1, 0.15) is 0 Å². The van der Waals surface area contributed by atoms with Gasteiger partial charge in [-0.3, -0.25) is 0 Å². The highest BCUT2D eigenvalue weighted by Crippen LogP contribution is 2.39. The van der Waals surface area contributed by atoms with Crippen LogP contribution in [-0.4, -0.2) is 23.9 Å². The van der Waals surface area contributed by atoms with Crippen molar-refractivity contribution in [3.63, 3.8) is 0 Å². The zero-order chi connectivity index (χ0) is 11.4. The molecular weight excluding hydrogens is 206 g/mol. The van der Waals surface area contributed by atoms with Crippen molar-refractivity contribution >= 4 is 12.2 Å². The van der Waals surface area contributed by atoms with Crippen LogP contribution in [0.5, 0.6) is 0 Å². The number of carboxylic acids is 1. The fraction of sp³-hybridized carbons (Fsp3) is 0.333. The predicted molar refractivity (Wildman–Crippen MR) is 59.6 cm³/mol. The van der Waals surface area contributed by atoms with E-state index in [1.54, 1.807) is 0 Å². The summed E-state index contributed by atoms with van der Waals surface area (Å²) < 4.78 is 0. The molecule has 0 amide bonds. The van der Waals surface area contributed by atoms with Crippen molar-refractivity contribution in [1.29, 1.82) is 0 Å². The Labute approximate surface area is 93.5 Å². The van der Waals surface area contributed by atoms with Crippen molar-refractivity contribution in [3.05, 3.63) is 35.4 Å². The van der Waals surface area contributed by atoms with E-state index in [0.29, 0.717) is 5.92 Å². The van der Waals surface area contributed by atoms with Crippen LogP contribution in [0.4, 0.5) is 0 Å². The van der Waals surface area contributed by atoms with Gasteiger partial charge in [0.25, 0.3) is 0 Å². The Morgan fingerprint density at radius 1 is 1.56 bits per heavy atom. The molecule has 0 radical (unpaired) electrons. The molecule has 0 heterocycles. The molecule has 1 aromatic rings. The number of carboxylic acid groups (broad SMARTS) is 1. The Hall–Kier alpha value is -1.84. The average molecular weight is 219 g/mol. The molecule has 0 saturated heterocycles. The van der Waals surface area contributed by atoms with Crippen LogP contribution in [0, 0.1) is 0 Å². The molecule has 0 aromatic heterocycles. The van der Waals surface area contributed by atoms with E-state index >= 15 is 0 Å². The van der Waals surface area contributed by atoms with E-state index in [1.807, 2.05) is 12.1 Å². The predicted octanol–water partition coefficient (Wildman–Crippen LogP) is 2.00. The smallest absolute Gasteiger partial charge is 0.344 e. The van der Waals surface area contributed by atoms with Gasteiger partial charge in [-0.2, -0.15) is 0 Å². The molecule has 0 spiro atoms. The number of oxime groups is 1. The lowest BCUT2D eigenvalue weighted by Gasteiger charge is -1.99. The second kappa shape index (κ2) is 4.79. The maximum atomic E-state index is 10.2. The summed E-state index contributed by atoms with van der Waals surface area (Å²) in [6, 6.07) is 8.06. The van der Waals surface area contributed by atoms with Gasteiger partial charge in [-0.15, -0.1) is 0 Å². The molecule has 1 saturated carbocycles. The normalized spacial score (nSPS) is 15.2. The second-order valence-electron chi connectivity index (χ2n) is 3.85. The molecule has 16 heavy (non-hydrogen) atoms. The third-order valence-corrected chi connectivity index (χ3v) is 2.42. The molecule has 1 aromatic carbocycles. The highest BCUT2D eigenvalue weighted by molar-refractivity contribution is 5.79. The van der Waals surface area contributed by atoms with Crippen LogP contribution in [0.3, 0.4) is 0 Å². The van der Waals surface area contributed by atoms with Crippen LogP contribution in [-0.2, 0) is 9.63 Å². The van der Waals surface area contributed by atoms with E-state index in [9.17, 15) is 4.79 Å². The lowest BCUT2D eigenvalue weighted by molar-refractivity contribution is -0.142. The van der Waals surface area contributed by atoms with E-state index in [-0.39, 0.29) is 0 Å². The number of benzene rings is 1. The molecule has 4 nitrogen and oxygen atoms in total. The maximum Gasteiger partial charge on any atom is 0.344 e. The second-order valence-corrected chi connectivity index (χ2v) is 3.85. The minimum Gasteiger partial charge on any atom is -0.479 e. The molecule has 1 aliphatic rings. The highest BCUT2D eigenvalue weighted by Gasteiger charge is 2.23. The molecule has 2 rings (SSSR count). The monoisotopic (exact) mass is 219 g/mol. The Kier molecular flexibility index (Phi) is 3.19. The number of hydrogen-bond donors (Lipinski definition) is 1. The molecule has 1 aliphatic carbocycles. The third-order valence-electron chi connectivity index (χ3n) is 2.42. The third kappa shape index (κ3) is 3.08. The fourth-order valence-corrected chi connectivity index (χ4v) is 1.50. The first-order valence-electron chi connectivity index (χ1n) is 5.23. The summed E-state index contributed by atoms with van der Waals surface area (Å²) in [6.45, 7) is -0.404. The summed E-state index contributed by atoms with van der Waals surface area (Å²) in [5.41, 5.74) is 2.26. The topological polar surface area (TPSA) is 58.9 Å². The maximum absolute atomic E-state index is 10.2. The number of nitrogens with zero attached hydrogens (tertiary/aromatic N) is 1. The van der Waals surface area contributed by atoms with Crippen molar-refractivity contribution in [2.24, 2.45) is 5.16 Å². The van der Waals surface area contributed by atoms with Gasteiger partial charge in [0, 0.05) is 0 Å². The van der Waals surface area contributed by atoms with Crippen molar-refractivity contribution in [2.75, 3.05) is 6.61 Å². The first kappa shape index (κ1) is 10.7. The van der Waals surface area contributed by atoms with Gasteiger partial charge in [-0.25, -0.2) is 4.79 Å². The molecule has 0 unspecified atom stereocenters. The first-order chi connectivity index (χ1) is 7.75. The summed E-state index contributed by atoms with van der Waals surface area (Å²) >= 11 is 0. The summed E-state index contributed by atoms with van der Waals surface area (Å²) in [6.07, 6.45) is 4.06. The van der Waals surface area contributed by atoms with Gasteiger partial charge in [0.2, 0.25) is 6.61 Å².